The number of nitrogens with zero attached hydrogens (tertiary/aromatic N) is 3. The smallest absolute Gasteiger partial charge is 0.269 e. The van der Waals surface area contributed by atoms with Crippen LogP contribution in [0, 0.1) is 10.1 Å². The topological polar surface area (TPSA) is 88.4 Å². The van der Waals surface area contributed by atoms with E-state index in [0.717, 1.165) is 34.6 Å². The maximum absolute atomic E-state index is 12.8. The van der Waals surface area contributed by atoms with Gasteiger partial charge in [-0.2, -0.15) is 0 Å². The molecule has 0 radical (unpaired) electrons. The van der Waals surface area contributed by atoms with Crippen molar-refractivity contribution >= 4 is 38.8 Å². The van der Waals surface area contributed by atoms with Crippen LogP contribution in [-0.4, -0.2) is 33.3 Å². The van der Waals surface area contributed by atoms with E-state index in [1.807, 2.05) is 25.1 Å². The molecule has 1 aromatic heterocycles. The molecular weight excluding hydrogens is 376 g/mol. The number of carbonyl (C=O) groups excluding carboxylic acids is 1. The fourth-order valence-corrected chi connectivity index (χ4v) is 4.74. The summed E-state index contributed by atoms with van der Waals surface area (Å²) in [4.78, 5) is 30.0. The number of rotatable bonds is 5. The molecule has 8 heteroatoms. The highest BCUT2D eigenvalue weighted by molar-refractivity contribution is 7.18. The number of aromatic nitrogens is 1. The highest BCUT2D eigenvalue weighted by Gasteiger charge is 2.34. The molecule has 7 nitrogen and oxygen atoms in total. The molecule has 28 heavy (non-hydrogen) atoms. The maximum Gasteiger partial charge on any atom is 0.269 e. The van der Waals surface area contributed by atoms with E-state index in [-0.39, 0.29) is 23.7 Å². The number of likely N-dealkylation sites (tertiary alicyclic amines) is 1. The number of anilines is 1. The van der Waals surface area contributed by atoms with Crippen molar-refractivity contribution in [3.05, 3.63) is 63.7 Å². The third kappa shape index (κ3) is 3.61. The van der Waals surface area contributed by atoms with Gasteiger partial charge in [0.15, 0.2) is 0 Å². The van der Waals surface area contributed by atoms with Crippen molar-refractivity contribution in [2.24, 2.45) is 0 Å². The van der Waals surface area contributed by atoms with Crippen LogP contribution in [0.4, 0.5) is 11.4 Å². The molecule has 3 aromatic rings. The van der Waals surface area contributed by atoms with E-state index in [4.69, 9.17) is 4.98 Å². The number of nitro benzene ring substituents is 1. The van der Waals surface area contributed by atoms with Gasteiger partial charge in [-0.1, -0.05) is 12.1 Å². The Morgan fingerprint density at radius 1 is 1.29 bits per heavy atom. The van der Waals surface area contributed by atoms with Crippen LogP contribution in [0.5, 0.6) is 0 Å². The maximum atomic E-state index is 12.8. The number of carbonyl (C=O) groups is 1. The molecule has 0 bridgehead atoms. The monoisotopic (exact) mass is 396 g/mol. The number of hydrogen-bond acceptors (Lipinski definition) is 6. The quantitative estimate of drug-likeness (QED) is 0.511. The Labute approximate surface area is 166 Å². The van der Waals surface area contributed by atoms with Gasteiger partial charge < -0.3 is 5.32 Å². The lowest BCUT2D eigenvalue weighted by atomic mass is 10.2. The van der Waals surface area contributed by atoms with Gasteiger partial charge in [-0.25, -0.2) is 4.98 Å². The zero-order chi connectivity index (χ0) is 19.7. The summed E-state index contributed by atoms with van der Waals surface area (Å²) in [6.45, 7) is 2.74. The third-order valence-electron chi connectivity index (χ3n) is 5.11. The van der Waals surface area contributed by atoms with Gasteiger partial charge >= 0.3 is 0 Å². The molecule has 0 saturated carbocycles. The second-order valence-electron chi connectivity index (χ2n) is 6.88. The van der Waals surface area contributed by atoms with E-state index >= 15 is 0 Å². The summed E-state index contributed by atoms with van der Waals surface area (Å²) in [6.07, 6.45) is 2.00. The van der Waals surface area contributed by atoms with Gasteiger partial charge in [0, 0.05) is 17.8 Å². The Bertz CT molecular complexity index is 985. The number of benzene rings is 2. The van der Waals surface area contributed by atoms with E-state index in [2.05, 4.69) is 16.3 Å². The minimum Gasteiger partial charge on any atom is -0.325 e. The normalized spacial score (nSPS) is 18.2. The highest BCUT2D eigenvalue weighted by atomic mass is 32.1. The number of amides is 1. The van der Waals surface area contributed by atoms with Gasteiger partial charge in [-0.3, -0.25) is 19.8 Å². The summed E-state index contributed by atoms with van der Waals surface area (Å²) in [5.74, 6) is -0.123. The van der Waals surface area contributed by atoms with Gasteiger partial charge in [0.25, 0.3) is 5.69 Å². The fraction of sp³-hybridized carbons (Fsp3) is 0.300. The van der Waals surface area contributed by atoms with Crippen LogP contribution in [0.1, 0.15) is 30.8 Å². The predicted octanol–water partition coefficient (Wildman–Crippen LogP) is 4.37. The third-order valence-corrected chi connectivity index (χ3v) is 6.25. The van der Waals surface area contributed by atoms with Gasteiger partial charge in [-0.15, -0.1) is 11.3 Å². The lowest BCUT2D eigenvalue weighted by Gasteiger charge is -2.28. The Hall–Kier alpha value is -2.84. The number of thiazole rings is 1. The molecule has 0 spiro atoms. The van der Waals surface area contributed by atoms with Crippen LogP contribution in [0.25, 0.3) is 10.2 Å². The molecule has 2 unspecified atom stereocenters. The standard InChI is InChI=1S/C20H20N4O3S/c1-13(19(25)21-14-8-10-15(11-9-14)24(26)27)23-12-4-6-17(23)20-22-16-5-2-3-7-18(16)28-20/h2-3,5,7-11,13,17H,4,6,12H2,1H3,(H,21,25). The van der Waals surface area contributed by atoms with E-state index in [1.54, 1.807) is 23.5 Å². The largest absolute Gasteiger partial charge is 0.325 e. The Morgan fingerprint density at radius 2 is 2.04 bits per heavy atom. The first-order valence-corrected chi connectivity index (χ1v) is 10.0. The Balaban J connectivity index is 1.48. The molecule has 2 atom stereocenters. The number of non-ortho nitro benzene ring substituents is 1. The van der Waals surface area contributed by atoms with Crippen LogP contribution in [-0.2, 0) is 4.79 Å². The lowest BCUT2D eigenvalue weighted by molar-refractivity contribution is -0.384. The summed E-state index contributed by atoms with van der Waals surface area (Å²) >= 11 is 1.69. The minimum atomic E-state index is -0.457. The molecule has 2 heterocycles. The van der Waals surface area contributed by atoms with Crippen molar-refractivity contribution in [3.8, 4) is 0 Å². The van der Waals surface area contributed by atoms with Crippen LogP contribution >= 0.6 is 11.3 Å². The first kappa shape index (κ1) is 18.5. The van der Waals surface area contributed by atoms with Crippen molar-refractivity contribution in [3.63, 3.8) is 0 Å². The summed E-state index contributed by atoms with van der Waals surface area (Å²) in [5, 5.41) is 14.7. The molecular formula is C20H20N4O3S. The first-order chi connectivity index (χ1) is 13.5. The molecule has 0 aliphatic carbocycles. The van der Waals surface area contributed by atoms with Crippen molar-refractivity contribution in [2.75, 3.05) is 11.9 Å². The SMILES string of the molecule is CC(C(=O)Nc1ccc([N+](=O)[O-])cc1)N1CCCC1c1nc2ccccc2s1. The van der Waals surface area contributed by atoms with Crippen molar-refractivity contribution in [2.45, 2.75) is 31.8 Å². The number of para-hydroxylation sites is 1. The zero-order valence-electron chi connectivity index (χ0n) is 15.4. The molecule has 2 aromatic carbocycles. The molecule has 1 aliphatic heterocycles. The van der Waals surface area contributed by atoms with Crippen molar-refractivity contribution in [1.82, 2.24) is 9.88 Å². The zero-order valence-corrected chi connectivity index (χ0v) is 16.2. The molecule has 1 saturated heterocycles. The van der Waals surface area contributed by atoms with Crippen molar-refractivity contribution in [1.29, 1.82) is 0 Å². The van der Waals surface area contributed by atoms with Crippen LogP contribution in [0.15, 0.2) is 48.5 Å². The van der Waals surface area contributed by atoms with Gasteiger partial charge in [0.1, 0.15) is 5.01 Å². The predicted molar refractivity (Wildman–Crippen MR) is 109 cm³/mol. The number of hydrogen-bond donors (Lipinski definition) is 1. The lowest BCUT2D eigenvalue weighted by Crippen LogP contribution is -2.41. The summed E-state index contributed by atoms with van der Waals surface area (Å²) in [7, 11) is 0. The molecule has 144 valence electrons. The summed E-state index contributed by atoms with van der Waals surface area (Å²) in [5.41, 5.74) is 1.55. The van der Waals surface area contributed by atoms with Crippen molar-refractivity contribution < 1.29 is 9.72 Å². The second kappa shape index (κ2) is 7.65. The van der Waals surface area contributed by atoms with Gasteiger partial charge in [-0.05, 0) is 50.6 Å². The first-order valence-electron chi connectivity index (χ1n) is 9.19. The molecule has 1 fully saturated rings. The Morgan fingerprint density at radius 3 is 2.75 bits per heavy atom. The number of nitrogens with one attached hydrogen (secondary N) is 1. The van der Waals surface area contributed by atoms with E-state index < -0.39 is 4.92 Å². The number of nitro groups is 1. The van der Waals surface area contributed by atoms with Gasteiger partial charge in [0.2, 0.25) is 5.91 Å². The van der Waals surface area contributed by atoms with Crippen LogP contribution < -0.4 is 5.32 Å². The summed E-state index contributed by atoms with van der Waals surface area (Å²) in [6, 6.07) is 13.8. The molecule has 1 aliphatic rings. The minimum absolute atomic E-state index is 0.00138. The number of fused-ring (bicyclic) bond motifs is 1. The van der Waals surface area contributed by atoms with Gasteiger partial charge in [0.05, 0.1) is 27.2 Å². The average molecular weight is 396 g/mol. The summed E-state index contributed by atoms with van der Waals surface area (Å²) < 4.78 is 1.16. The molecule has 1 N–H and O–H groups in total. The second-order valence-corrected chi connectivity index (χ2v) is 7.95. The van der Waals surface area contributed by atoms with Crippen LogP contribution in [0.2, 0.25) is 0 Å². The Kier molecular flexibility index (Phi) is 5.06. The molecule has 4 rings (SSSR count). The van der Waals surface area contributed by atoms with Crippen LogP contribution in [0.3, 0.4) is 0 Å². The van der Waals surface area contributed by atoms with E-state index in [9.17, 15) is 14.9 Å². The fourth-order valence-electron chi connectivity index (χ4n) is 3.61. The van der Waals surface area contributed by atoms with E-state index in [1.165, 1.54) is 12.1 Å². The average Bonchev–Trinajstić information content (AvgIpc) is 3.34. The highest BCUT2D eigenvalue weighted by Crippen LogP contribution is 2.37. The van der Waals surface area contributed by atoms with E-state index in [0.29, 0.717) is 5.69 Å². The molecule has 1 amide bonds.